The average molecular weight is 293 g/mol. The molecule has 3 unspecified atom stereocenters. The van der Waals surface area contributed by atoms with Crippen LogP contribution in [0.4, 0.5) is 0 Å². The van der Waals surface area contributed by atoms with Gasteiger partial charge in [-0.15, -0.1) is 11.3 Å². The minimum Gasteiger partial charge on any atom is -0.312 e. The van der Waals surface area contributed by atoms with Gasteiger partial charge >= 0.3 is 0 Å². The first-order chi connectivity index (χ1) is 9.66. The molecule has 0 radical (unpaired) electrons. The second kappa shape index (κ2) is 6.12. The molecule has 0 aliphatic carbocycles. The quantitative estimate of drug-likeness (QED) is 0.925. The molecule has 0 bridgehead atoms. The van der Waals surface area contributed by atoms with Gasteiger partial charge in [0.1, 0.15) is 0 Å². The van der Waals surface area contributed by atoms with Crippen molar-refractivity contribution in [3.8, 4) is 0 Å². The molecule has 2 saturated heterocycles. The van der Waals surface area contributed by atoms with Crippen molar-refractivity contribution < 1.29 is 0 Å². The van der Waals surface area contributed by atoms with E-state index in [-0.39, 0.29) is 0 Å². The molecule has 0 aromatic carbocycles. The summed E-state index contributed by atoms with van der Waals surface area (Å²) in [6.45, 7) is 9.14. The summed E-state index contributed by atoms with van der Waals surface area (Å²) in [4.78, 5) is 8.86. The summed E-state index contributed by atoms with van der Waals surface area (Å²) in [6, 6.07) is 1.96. The molecule has 0 saturated carbocycles. The number of aromatic nitrogens is 1. The van der Waals surface area contributed by atoms with Crippen molar-refractivity contribution in [1.82, 2.24) is 15.2 Å². The minimum absolute atomic E-state index is 0.522. The predicted molar refractivity (Wildman–Crippen MR) is 85.4 cm³/mol. The molecule has 2 aliphatic heterocycles. The van der Waals surface area contributed by atoms with Gasteiger partial charge in [0, 0.05) is 23.0 Å². The summed E-state index contributed by atoms with van der Waals surface area (Å²) in [5, 5.41) is 4.93. The van der Waals surface area contributed by atoms with Gasteiger partial charge in [-0.05, 0) is 59.5 Å². The van der Waals surface area contributed by atoms with Crippen LogP contribution in [-0.4, -0.2) is 35.1 Å². The van der Waals surface area contributed by atoms with Gasteiger partial charge < -0.3 is 5.32 Å². The van der Waals surface area contributed by atoms with Crippen LogP contribution in [0.5, 0.6) is 0 Å². The largest absolute Gasteiger partial charge is 0.312 e. The maximum Gasteiger partial charge on any atom is 0.0900 e. The van der Waals surface area contributed by atoms with E-state index in [0.717, 1.165) is 6.04 Å². The molecule has 2 aliphatic rings. The van der Waals surface area contributed by atoms with E-state index in [1.165, 1.54) is 60.8 Å². The Hall–Kier alpha value is -0.450. The number of likely N-dealkylation sites (tertiary alicyclic amines) is 1. The summed E-state index contributed by atoms with van der Waals surface area (Å²) in [5.41, 5.74) is 1.24. The molecule has 3 nitrogen and oxygen atoms in total. The van der Waals surface area contributed by atoms with Crippen LogP contribution in [-0.2, 0) is 0 Å². The van der Waals surface area contributed by atoms with Gasteiger partial charge in [-0.3, -0.25) is 4.90 Å². The maximum atomic E-state index is 4.63. The fraction of sp³-hybridized carbons (Fsp3) is 0.812. The lowest BCUT2D eigenvalue weighted by atomic mass is 9.92. The number of nitrogens with zero attached hydrogens (tertiary/aromatic N) is 2. The molecule has 3 rings (SSSR count). The molecular formula is C16H27N3S. The van der Waals surface area contributed by atoms with E-state index in [4.69, 9.17) is 0 Å². The van der Waals surface area contributed by atoms with Gasteiger partial charge in [0.05, 0.1) is 10.7 Å². The Morgan fingerprint density at radius 3 is 2.75 bits per heavy atom. The van der Waals surface area contributed by atoms with Crippen LogP contribution in [0, 0.1) is 13.8 Å². The van der Waals surface area contributed by atoms with E-state index in [1.54, 1.807) is 0 Å². The maximum absolute atomic E-state index is 4.63. The van der Waals surface area contributed by atoms with Gasteiger partial charge in [0.15, 0.2) is 0 Å². The zero-order chi connectivity index (χ0) is 14.1. The van der Waals surface area contributed by atoms with Crippen molar-refractivity contribution in [1.29, 1.82) is 0 Å². The lowest BCUT2D eigenvalue weighted by molar-refractivity contribution is 0.0814. The van der Waals surface area contributed by atoms with E-state index in [1.807, 2.05) is 11.3 Å². The third-order valence-corrected chi connectivity index (χ3v) is 6.21. The first-order valence-electron chi connectivity index (χ1n) is 8.10. The van der Waals surface area contributed by atoms with Crippen LogP contribution in [0.15, 0.2) is 0 Å². The van der Waals surface area contributed by atoms with Crippen LogP contribution in [0.1, 0.15) is 60.6 Å². The molecule has 20 heavy (non-hydrogen) atoms. The van der Waals surface area contributed by atoms with Crippen molar-refractivity contribution in [3.63, 3.8) is 0 Å². The third-order valence-electron chi connectivity index (χ3n) is 4.97. The highest BCUT2D eigenvalue weighted by atomic mass is 32.1. The normalized spacial score (nSPS) is 29.8. The van der Waals surface area contributed by atoms with Gasteiger partial charge in [-0.2, -0.15) is 0 Å². The second-order valence-electron chi connectivity index (χ2n) is 6.36. The highest BCUT2D eigenvalue weighted by molar-refractivity contribution is 7.11. The van der Waals surface area contributed by atoms with Crippen molar-refractivity contribution in [2.24, 2.45) is 0 Å². The van der Waals surface area contributed by atoms with Crippen LogP contribution in [0.25, 0.3) is 0 Å². The van der Waals surface area contributed by atoms with Crippen LogP contribution in [0.2, 0.25) is 0 Å². The van der Waals surface area contributed by atoms with Crippen molar-refractivity contribution >= 4 is 11.3 Å². The summed E-state index contributed by atoms with van der Waals surface area (Å²) < 4.78 is 0. The van der Waals surface area contributed by atoms with Crippen LogP contribution in [0.3, 0.4) is 0 Å². The van der Waals surface area contributed by atoms with E-state index >= 15 is 0 Å². The number of hydrogen-bond donors (Lipinski definition) is 1. The number of piperidine rings is 1. The molecule has 3 atom stereocenters. The Morgan fingerprint density at radius 1 is 1.25 bits per heavy atom. The highest BCUT2D eigenvalue weighted by Crippen LogP contribution is 2.35. The number of rotatable bonds is 3. The molecule has 4 heteroatoms. The Balaban J connectivity index is 1.79. The highest BCUT2D eigenvalue weighted by Gasteiger charge is 2.35. The molecule has 1 aromatic rings. The Morgan fingerprint density at radius 2 is 2.10 bits per heavy atom. The van der Waals surface area contributed by atoms with E-state index in [2.05, 4.69) is 36.0 Å². The summed E-state index contributed by atoms with van der Waals surface area (Å²) in [5.74, 6) is 0. The summed E-state index contributed by atoms with van der Waals surface area (Å²) in [6.07, 6.45) is 6.81. The monoisotopic (exact) mass is 293 g/mol. The molecule has 112 valence electrons. The fourth-order valence-electron chi connectivity index (χ4n) is 4.02. The van der Waals surface area contributed by atoms with Crippen molar-refractivity contribution in [2.45, 2.75) is 71.0 Å². The van der Waals surface area contributed by atoms with E-state index in [0.29, 0.717) is 12.1 Å². The summed E-state index contributed by atoms with van der Waals surface area (Å²) in [7, 11) is 0. The third kappa shape index (κ3) is 2.78. The number of thiazole rings is 1. The lowest BCUT2D eigenvalue weighted by Gasteiger charge is -2.42. The van der Waals surface area contributed by atoms with Crippen LogP contribution >= 0.6 is 11.3 Å². The zero-order valence-electron chi connectivity index (χ0n) is 13.0. The molecule has 1 N–H and O–H groups in total. The van der Waals surface area contributed by atoms with Gasteiger partial charge in [0.25, 0.3) is 0 Å². The predicted octanol–water partition coefficient (Wildman–Crippen LogP) is 3.43. The standard InChI is InChI=1S/C16H27N3S/c1-11-16(20-13(3)18-11)12(2)19-10-5-4-8-15(19)14-7-6-9-17-14/h12,14-15,17H,4-10H2,1-3H3. The molecule has 0 amide bonds. The van der Waals surface area contributed by atoms with Crippen molar-refractivity contribution in [2.75, 3.05) is 13.1 Å². The van der Waals surface area contributed by atoms with E-state index < -0.39 is 0 Å². The average Bonchev–Trinajstić information content (AvgIpc) is 3.07. The van der Waals surface area contributed by atoms with Gasteiger partial charge in [-0.25, -0.2) is 4.98 Å². The fourth-order valence-corrected chi connectivity index (χ4v) is 5.02. The number of aryl methyl sites for hydroxylation is 2. The van der Waals surface area contributed by atoms with Gasteiger partial charge in [-0.1, -0.05) is 6.42 Å². The van der Waals surface area contributed by atoms with E-state index in [9.17, 15) is 0 Å². The van der Waals surface area contributed by atoms with Gasteiger partial charge in [0.2, 0.25) is 0 Å². The first-order valence-corrected chi connectivity index (χ1v) is 8.91. The smallest absolute Gasteiger partial charge is 0.0900 e. The number of nitrogens with one attached hydrogen (secondary N) is 1. The molecule has 3 heterocycles. The molecule has 2 fully saturated rings. The zero-order valence-corrected chi connectivity index (χ0v) is 13.8. The summed E-state index contributed by atoms with van der Waals surface area (Å²) >= 11 is 1.89. The molecular weight excluding hydrogens is 266 g/mol. The van der Waals surface area contributed by atoms with Crippen molar-refractivity contribution in [3.05, 3.63) is 15.6 Å². The Labute approximate surface area is 126 Å². The lowest BCUT2D eigenvalue weighted by Crippen LogP contribution is -2.50. The SMILES string of the molecule is Cc1nc(C)c(C(C)N2CCCCC2C2CCCN2)s1. The first kappa shape index (κ1) is 14.5. The Kier molecular flexibility index (Phi) is 4.43. The second-order valence-corrected chi connectivity index (χ2v) is 7.60. The number of hydrogen-bond acceptors (Lipinski definition) is 4. The van der Waals surface area contributed by atoms with Crippen LogP contribution < -0.4 is 5.32 Å². The molecule has 0 spiro atoms. The molecule has 1 aromatic heterocycles. The topological polar surface area (TPSA) is 28.2 Å². The Bertz CT molecular complexity index is 451. The minimum atomic E-state index is 0.522.